The maximum Gasteiger partial charge on any atom is 0.430 e. The van der Waals surface area contributed by atoms with Crippen LogP contribution in [0.3, 0.4) is 0 Å². The number of carbonyl (C=O) groups excluding carboxylic acids is 2. The van der Waals surface area contributed by atoms with E-state index < -0.39 is 86.6 Å². The van der Waals surface area contributed by atoms with Crippen LogP contribution in [0, 0.1) is 0 Å². The topological polar surface area (TPSA) is 79.7 Å². The lowest BCUT2D eigenvalue weighted by Crippen LogP contribution is -2.54. The van der Waals surface area contributed by atoms with Gasteiger partial charge in [0, 0.05) is 23.6 Å². The Morgan fingerprint density at radius 1 is 1.16 bits per heavy atom. The summed E-state index contributed by atoms with van der Waals surface area (Å²) in [7, 11) is 0. The van der Waals surface area contributed by atoms with E-state index in [9.17, 15) is 49.8 Å². The Bertz CT molecular complexity index is 1250. The van der Waals surface area contributed by atoms with Gasteiger partial charge in [-0.1, -0.05) is 35.3 Å². The second-order valence-electron chi connectivity index (χ2n) is 8.25. The molecule has 1 aromatic heterocycles. The van der Waals surface area contributed by atoms with Crippen molar-refractivity contribution >= 4 is 46.4 Å². The fourth-order valence-electron chi connectivity index (χ4n) is 3.82. The minimum atomic E-state index is -6.26. The molecule has 2 aromatic rings. The Morgan fingerprint density at radius 2 is 1.74 bits per heavy atom. The molecule has 6 nitrogen and oxygen atoms in total. The fraction of sp³-hybridized carbons (Fsp3) is 0.476. The van der Waals surface area contributed by atoms with Crippen LogP contribution in [0.15, 0.2) is 12.1 Å². The van der Waals surface area contributed by atoms with Gasteiger partial charge in [-0.3, -0.25) is 4.79 Å². The van der Waals surface area contributed by atoms with Crippen LogP contribution in [0.25, 0.3) is 10.4 Å². The summed E-state index contributed by atoms with van der Waals surface area (Å²) in [5.41, 5.74) is -8.32. The molecule has 0 saturated carbocycles. The molecule has 0 unspecified atom stereocenters. The molecule has 1 saturated heterocycles. The third kappa shape index (κ3) is 5.17. The Labute approximate surface area is 223 Å². The monoisotopic (exact) mass is 614 g/mol. The summed E-state index contributed by atoms with van der Waals surface area (Å²) in [4.78, 5) is 29.7. The van der Waals surface area contributed by atoms with E-state index in [-0.39, 0.29) is 17.6 Å². The van der Waals surface area contributed by atoms with Gasteiger partial charge in [0.25, 0.3) is 17.4 Å². The third-order valence-electron chi connectivity index (χ3n) is 5.61. The van der Waals surface area contributed by atoms with E-state index in [1.165, 1.54) is 13.8 Å². The third-order valence-corrected chi connectivity index (χ3v) is 7.56. The highest BCUT2D eigenvalue weighted by atomic mass is 35.5. The second kappa shape index (κ2) is 10.1. The van der Waals surface area contributed by atoms with Crippen molar-refractivity contribution in [3.05, 3.63) is 38.4 Å². The number of alkyl halides is 8. The van der Waals surface area contributed by atoms with Crippen molar-refractivity contribution < 1.29 is 54.6 Å². The van der Waals surface area contributed by atoms with Crippen molar-refractivity contribution in [1.29, 1.82) is 0 Å². The molecule has 210 valence electrons. The number of nitrogens with zero attached hydrogens (tertiary/aromatic N) is 2. The quantitative estimate of drug-likeness (QED) is 0.308. The highest BCUT2D eigenvalue weighted by Crippen LogP contribution is 2.54. The standard InChI is InChI=1S/C21H16Cl2F8N2O4S/c1-3-37-17(35)15-32-13(16(34)33-7-18(24,25)6-8(33)2)14(38-15)9-4-5-10(12(23)11(9)22)19(36,20(26,27)28)21(29,30)31/h4-5,8,36H,3,6-7H2,1-2H3/t8-/m0/s1. The SMILES string of the molecule is CCOC(=O)c1nc(C(=O)N2CC(F)(F)C[C@@H]2C)c(-c2ccc(C(O)(C(F)(F)F)C(F)(F)F)c(Cl)c2Cl)s1. The van der Waals surface area contributed by atoms with Crippen molar-refractivity contribution in [2.24, 2.45) is 0 Å². The molecule has 1 aliphatic rings. The minimum absolute atomic E-state index is 0.124. The molecule has 1 aromatic carbocycles. The Balaban J connectivity index is 2.22. The molecule has 1 N–H and O–H groups in total. The van der Waals surface area contributed by atoms with Crippen LogP contribution in [-0.4, -0.2) is 64.3 Å². The molecule has 0 radical (unpaired) electrons. The van der Waals surface area contributed by atoms with Gasteiger partial charge in [0.1, 0.15) is 5.69 Å². The zero-order valence-corrected chi connectivity index (χ0v) is 21.4. The van der Waals surface area contributed by atoms with Crippen molar-refractivity contribution in [3.63, 3.8) is 0 Å². The predicted molar refractivity (Wildman–Crippen MR) is 120 cm³/mol. The number of ether oxygens (including phenoxy) is 1. The summed E-state index contributed by atoms with van der Waals surface area (Å²) >= 11 is 12.3. The molecule has 3 rings (SSSR count). The van der Waals surface area contributed by atoms with Gasteiger partial charge in [-0.15, -0.1) is 11.3 Å². The summed E-state index contributed by atoms with van der Waals surface area (Å²) in [5.74, 6) is -5.38. The van der Waals surface area contributed by atoms with Crippen LogP contribution >= 0.6 is 34.5 Å². The number of thiazole rings is 1. The van der Waals surface area contributed by atoms with E-state index in [0.29, 0.717) is 17.4 Å². The first-order valence-electron chi connectivity index (χ1n) is 10.5. The van der Waals surface area contributed by atoms with Crippen LogP contribution < -0.4 is 0 Å². The number of rotatable bonds is 5. The number of halogens is 10. The number of carbonyl (C=O) groups is 2. The van der Waals surface area contributed by atoms with E-state index in [2.05, 4.69) is 4.98 Å². The molecule has 0 aliphatic carbocycles. The van der Waals surface area contributed by atoms with E-state index in [4.69, 9.17) is 27.9 Å². The molecule has 1 atom stereocenters. The Morgan fingerprint density at radius 3 is 2.21 bits per heavy atom. The van der Waals surface area contributed by atoms with Gasteiger partial charge in [0.05, 0.1) is 28.1 Å². The molecule has 1 fully saturated rings. The Kier molecular flexibility index (Phi) is 8.03. The number of benzene rings is 1. The number of hydrogen-bond donors (Lipinski definition) is 1. The molecule has 38 heavy (non-hydrogen) atoms. The van der Waals surface area contributed by atoms with E-state index in [1.807, 2.05) is 0 Å². The van der Waals surface area contributed by atoms with Crippen molar-refractivity contribution in [2.45, 2.75) is 50.2 Å². The highest BCUT2D eigenvalue weighted by Gasteiger charge is 2.72. The van der Waals surface area contributed by atoms with Gasteiger partial charge in [0.15, 0.2) is 0 Å². The number of amides is 1. The van der Waals surface area contributed by atoms with Crippen LogP contribution in [0.5, 0.6) is 0 Å². The Hall–Kier alpha value is -2.23. The summed E-state index contributed by atoms with van der Waals surface area (Å²) < 4.78 is 113. The summed E-state index contributed by atoms with van der Waals surface area (Å²) in [6.45, 7) is 1.65. The molecule has 17 heteroatoms. The van der Waals surface area contributed by atoms with Crippen LogP contribution in [0.1, 0.15) is 46.1 Å². The summed E-state index contributed by atoms with van der Waals surface area (Å²) in [6, 6.07) is -0.171. The molecular formula is C21H16Cl2F8N2O4S. The van der Waals surface area contributed by atoms with Gasteiger partial charge in [-0.25, -0.2) is 18.6 Å². The maximum atomic E-state index is 13.9. The lowest BCUT2D eigenvalue weighted by Gasteiger charge is -2.33. The fourth-order valence-corrected chi connectivity index (χ4v) is 5.42. The van der Waals surface area contributed by atoms with Crippen molar-refractivity contribution in [2.75, 3.05) is 13.2 Å². The second-order valence-corrected chi connectivity index (χ2v) is 10.0. The summed E-state index contributed by atoms with van der Waals surface area (Å²) in [6.07, 6.45) is -13.2. The van der Waals surface area contributed by atoms with Gasteiger partial charge in [0.2, 0.25) is 5.01 Å². The van der Waals surface area contributed by atoms with Gasteiger partial charge in [-0.2, -0.15) is 26.3 Å². The molecule has 0 bridgehead atoms. The van der Waals surface area contributed by atoms with Crippen LogP contribution in [0.4, 0.5) is 35.1 Å². The van der Waals surface area contributed by atoms with Gasteiger partial charge >= 0.3 is 18.3 Å². The first-order chi connectivity index (χ1) is 17.3. The average Bonchev–Trinajstić information content (AvgIpc) is 3.33. The van der Waals surface area contributed by atoms with E-state index in [1.54, 1.807) is 0 Å². The molecule has 1 amide bonds. The van der Waals surface area contributed by atoms with Gasteiger partial charge in [-0.05, 0) is 13.8 Å². The van der Waals surface area contributed by atoms with Crippen LogP contribution in [-0.2, 0) is 10.3 Å². The first-order valence-corrected chi connectivity index (χ1v) is 12.1. The number of aromatic nitrogens is 1. The van der Waals surface area contributed by atoms with Crippen molar-refractivity contribution in [3.8, 4) is 10.4 Å². The van der Waals surface area contributed by atoms with Gasteiger partial charge < -0.3 is 14.7 Å². The number of likely N-dealkylation sites (tertiary alicyclic amines) is 1. The summed E-state index contributed by atoms with van der Waals surface area (Å²) in [5, 5.41) is 6.95. The van der Waals surface area contributed by atoms with E-state index >= 15 is 0 Å². The number of esters is 1. The lowest BCUT2D eigenvalue weighted by molar-refractivity contribution is -0.376. The normalized spacial score (nSPS) is 18.1. The zero-order chi connectivity index (χ0) is 29.0. The number of hydrogen-bond acceptors (Lipinski definition) is 6. The average molecular weight is 615 g/mol. The zero-order valence-electron chi connectivity index (χ0n) is 19.1. The predicted octanol–water partition coefficient (Wildman–Crippen LogP) is 6.48. The molecule has 0 spiro atoms. The smallest absolute Gasteiger partial charge is 0.430 e. The molecule has 2 heterocycles. The maximum absolute atomic E-state index is 13.9. The number of aliphatic hydroxyl groups is 1. The minimum Gasteiger partial charge on any atom is -0.461 e. The first kappa shape index (κ1) is 30.3. The van der Waals surface area contributed by atoms with Crippen LogP contribution in [0.2, 0.25) is 10.0 Å². The van der Waals surface area contributed by atoms with E-state index in [0.717, 1.165) is 4.90 Å². The highest BCUT2D eigenvalue weighted by molar-refractivity contribution is 7.17. The van der Waals surface area contributed by atoms with Crippen molar-refractivity contribution in [1.82, 2.24) is 9.88 Å². The molecular weight excluding hydrogens is 599 g/mol. The lowest BCUT2D eigenvalue weighted by atomic mass is 9.91. The largest absolute Gasteiger partial charge is 0.461 e. The molecule has 1 aliphatic heterocycles.